The van der Waals surface area contributed by atoms with Crippen molar-refractivity contribution in [3.8, 4) is 33.6 Å². The molecule has 3 aliphatic rings. The van der Waals surface area contributed by atoms with Crippen molar-refractivity contribution in [2.75, 3.05) is 0 Å². The standard InChI is InChI=1S/C40H34N2/c1-23-19-25(3)36-30(21-23)38-35-28-14-8-10-16-31(28)39(5,6)37(35)29-15-9-12-18-33(29)42(38)40(36)32-17-11-7-13-27(32)34-22-24(2)20-26(4)41(34)40/h7-22H,1-6H3/q+2. The van der Waals surface area contributed by atoms with Crippen molar-refractivity contribution in [1.29, 1.82) is 0 Å². The number of hydrogen-bond donors (Lipinski definition) is 0. The van der Waals surface area contributed by atoms with Gasteiger partial charge >= 0.3 is 5.66 Å². The summed E-state index contributed by atoms with van der Waals surface area (Å²) >= 11 is 0. The summed E-state index contributed by atoms with van der Waals surface area (Å²) in [6.45, 7) is 13.9. The first-order valence-corrected chi connectivity index (χ1v) is 15.1. The molecule has 2 nitrogen and oxygen atoms in total. The van der Waals surface area contributed by atoms with Gasteiger partial charge in [0.25, 0.3) is 0 Å². The normalized spacial score (nSPS) is 18.0. The summed E-state index contributed by atoms with van der Waals surface area (Å²) in [7, 11) is 0. The number of para-hydroxylation sites is 1. The predicted molar refractivity (Wildman–Crippen MR) is 170 cm³/mol. The molecule has 1 unspecified atom stereocenters. The Morgan fingerprint density at radius 2 is 1.24 bits per heavy atom. The molecule has 4 aromatic carbocycles. The Morgan fingerprint density at radius 3 is 2.05 bits per heavy atom. The lowest BCUT2D eigenvalue weighted by Gasteiger charge is -2.24. The van der Waals surface area contributed by atoms with Crippen molar-refractivity contribution in [2.24, 2.45) is 0 Å². The van der Waals surface area contributed by atoms with Gasteiger partial charge in [-0.15, -0.1) is 9.13 Å². The molecule has 1 aliphatic carbocycles. The maximum absolute atomic E-state index is 2.73. The molecule has 0 saturated heterocycles. The van der Waals surface area contributed by atoms with Crippen LogP contribution in [0.5, 0.6) is 0 Å². The molecule has 0 saturated carbocycles. The van der Waals surface area contributed by atoms with Gasteiger partial charge in [0.2, 0.25) is 16.9 Å². The maximum atomic E-state index is 2.73. The molecule has 0 amide bonds. The molecular weight excluding hydrogens is 508 g/mol. The molecule has 1 atom stereocenters. The number of rotatable bonds is 0. The summed E-state index contributed by atoms with van der Waals surface area (Å²) in [6.07, 6.45) is 0. The Kier molecular flexibility index (Phi) is 4.38. The summed E-state index contributed by atoms with van der Waals surface area (Å²) in [5.74, 6) is 0. The largest absolute Gasteiger partial charge is 0.418 e. The zero-order valence-corrected chi connectivity index (χ0v) is 25.1. The third-order valence-electron chi connectivity index (χ3n) is 10.3. The zero-order chi connectivity index (χ0) is 28.7. The molecule has 6 aromatic rings. The molecule has 0 fully saturated rings. The van der Waals surface area contributed by atoms with Crippen LogP contribution in [0.25, 0.3) is 44.5 Å². The summed E-state index contributed by atoms with van der Waals surface area (Å²) in [4.78, 5) is 0. The lowest BCUT2D eigenvalue weighted by atomic mass is 9.80. The molecule has 4 heterocycles. The number of aryl methyl sites for hydroxylation is 4. The highest BCUT2D eigenvalue weighted by Crippen LogP contribution is 2.58. The van der Waals surface area contributed by atoms with Crippen LogP contribution < -0.4 is 9.13 Å². The highest BCUT2D eigenvalue weighted by Gasteiger charge is 2.69. The molecule has 9 rings (SSSR count). The van der Waals surface area contributed by atoms with Crippen LogP contribution in [-0.2, 0) is 11.1 Å². The molecule has 0 bridgehead atoms. The second kappa shape index (κ2) is 7.63. The monoisotopic (exact) mass is 542 g/mol. The summed E-state index contributed by atoms with van der Waals surface area (Å²) in [5.41, 5.74) is 19.6. The van der Waals surface area contributed by atoms with Gasteiger partial charge in [0.05, 0.1) is 22.1 Å². The van der Waals surface area contributed by atoms with Gasteiger partial charge < -0.3 is 0 Å². The minimum Gasteiger partial charge on any atom is -0.123 e. The van der Waals surface area contributed by atoms with E-state index in [1.165, 1.54) is 89.2 Å². The topological polar surface area (TPSA) is 7.76 Å². The smallest absolute Gasteiger partial charge is 0.123 e. The second-order valence-corrected chi connectivity index (χ2v) is 13.2. The van der Waals surface area contributed by atoms with E-state index in [-0.39, 0.29) is 5.41 Å². The van der Waals surface area contributed by atoms with E-state index < -0.39 is 5.66 Å². The van der Waals surface area contributed by atoms with Gasteiger partial charge in [-0.3, -0.25) is 0 Å². The second-order valence-electron chi connectivity index (χ2n) is 13.2. The maximum Gasteiger partial charge on any atom is 0.418 e. The SMILES string of the molecule is Cc1cc(C)c2c(c1)-c1c3c(c4ccccc4[n+]1C21c2ccccc2-c2cc(C)cc(C)[n+]21)C(C)(C)c1ccccc1-3. The van der Waals surface area contributed by atoms with Crippen LogP contribution in [0.2, 0.25) is 0 Å². The van der Waals surface area contributed by atoms with Crippen molar-refractivity contribution in [2.45, 2.75) is 52.6 Å². The lowest BCUT2D eigenvalue weighted by molar-refractivity contribution is -0.946. The van der Waals surface area contributed by atoms with Crippen LogP contribution >= 0.6 is 0 Å². The van der Waals surface area contributed by atoms with E-state index >= 15 is 0 Å². The summed E-state index contributed by atoms with van der Waals surface area (Å²) in [5, 5.41) is 1.34. The Labute approximate surface area is 247 Å². The van der Waals surface area contributed by atoms with E-state index in [9.17, 15) is 0 Å². The molecule has 42 heavy (non-hydrogen) atoms. The first-order valence-electron chi connectivity index (χ1n) is 15.1. The highest BCUT2D eigenvalue weighted by molar-refractivity contribution is 6.00. The Hall–Kier alpha value is -4.56. The summed E-state index contributed by atoms with van der Waals surface area (Å²) < 4.78 is 5.38. The molecule has 0 radical (unpaired) electrons. The molecule has 2 heteroatoms. The van der Waals surface area contributed by atoms with Crippen LogP contribution in [0.15, 0.2) is 97.1 Å². The Morgan fingerprint density at radius 1 is 0.571 bits per heavy atom. The van der Waals surface area contributed by atoms with Crippen molar-refractivity contribution in [3.63, 3.8) is 0 Å². The molecule has 2 aliphatic heterocycles. The van der Waals surface area contributed by atoms with Gasteiger partial charge in [0, 0.05) is 30.5 Å². The average molecular weight is 543 g/mol. The fraction of sp³-hybridized carbons (Fsp3) is 0.200. The van der Waals surface area contributed by atoms with Crippen LogP contribution in [0.3, 0.4) is 0 Å². The van der Waals surface area contributed by atoms with Crippen LogP contribution in [0.4, 0.5) is 0 Å². The van der Waals surface area contributed by atoms with E-state index in [4.69, 9.17) is 0 Å². The number of nitrogens with zero attached hydrogens (tertiary/aromatic N) is 2. The Balaban J connectivity index is 1.63. The number of fused-ring (bicyclic) bond motifs is 17. The number of benzene rings is 4. The molecule has 2 aromatic heterocycles. The van der Waals surface area contributed by atoms with Crippen molar-refractivity contribution >= 4 is 10.9 Å². The number of hydrogen-bond acceptors (Lipinski definition) is 0. The third-order valence-corrected chi connectivity index (χ3v) is 10.3. The zero-order valence-electron chi connectivity index (χ0n) is 25.1. The van der Waals surface area contributed by atoms with Gasteiger partial charge in [-0.05, 0) is 78.4 Å². The van der Waals surface area contributed by atoms with Gasteiger partial charge in [0.15, 0.2) is 5.69 Å². The number of pyridine rings is 2. The molecule has 1 spiro atoms. The quantitative estimate of drug-likeness (QED) is 0.171. The minimum atomic E-state index is -0.539. The van der Waals surface area contributed by atoms with E-state index in [0.29, 0.717) is 0 Å². The highest BCUT2D eigenvalue weighted by atomic mass is 15.3. The Bertz CT molecular complexity index is 2220. The van der Waals surface area contributed by atoms with Crippen LogP contribution in [0.1, 0.15) is 58.5 Å². The van der Waals surface area contributed by atoms with Crippen LogP contribution in [0, 0.1) is 27.7 Å². The van der Waals surface area contributed by atoms with Gasteiger partial charge in [-0.2, -0.15) is 0 Å². The van der Waals surface area contributed by atoms with Gasteiger partial charge in [-0.25, -0.2) is 0 Å². The van der Waals surface area contributed by atoms with Crippen molar-refractivity contribution in [1.82, 2.24) is 0 Å². The van der Waals surface area contributed by atoms with Crippen LogP contribution in [-0.4, -0.2) is 0 Å². The summed E-state index contributed by atoms with van der Waals surface area (Å²) in [6, 6.07) is 37.0. The fourth-order valence-electron chi connectivity index (χ4n) is 9.11. The fourth-order valence-corrected chi connectivity index (χ4v) is 9.11. The van der Waals surface area contributed by atoms with E-state index in [1.807, 2.05) is 0 Å². The van der Waals surface area contributed by atoms with Crippen molar-refractivity contribution < 1.29 is 9.13 Å². The molecule has 202 valence electrons. The minimum absolute atomic E-state index is 0.110. The molecular formula is C40H34N2+2. The van der Waals surface area contributed by atoms with Gasteiger partial charge in [0.1, 0.15) is 11.1 Å². The first-order chi connectivity index (χ1) is 20.3. The average Bonchev–Trinajstić information content (AvgIpc) is 3.52. The lowest BCUT2D eigenvalue weighted by Crippen LogP contribution is -2.73. The number of aromatic nitrogens is 2. The van der Waals surface area contributed by atoms with E-state index in [1.54, 1.807) is 0 Å². The van der Waals surface area contributed by atoms with Gasteiger partial charge in [-0.1, -0.05) is 68.4 Å². The first kappa shape index (κ1) is 24.1. The molecule has 0 N–H and O–H groups in total. The van der Waals surface area contributed by atoms with Crippen molar-refractivity contribution in [3.05, 3.63) is 142 Å². The van der Waals surface area contributed by atoms with E-state index in [0.717, 1.165) is 0 Å². The van der Waals surface area contributed by atoms with E-state index in [2.05, 4.69) is 148 Å². The predicted octanol–water partition coefficient (Wildman–Crippen LogP) is 8.21. The third kappa shape index (κ3) is 2.55.